The van der Waals surface area contributed by atoms with Crippen LogP contribution in [-0.2, 0) is 4.79 Å². The minimum Gasteiger partial charge on any atom is -0.290 e. The SMILES string of the molecule is N=c1/c(=C/c2ccc(F)cc2)c(=O)nc2sc(=C3C=CC(=O)C=C3)[nH]n1-2. The Kier molecular flexibility index (Phi) is 3.81. The summed E-state index contributed by atoms with van der Waals surface area (Å²) in [6.07, 6.45) is 7.72. The highest BCUT2D eigenvalue weighted by molar-refractivity contribution is 7.11. The average Bonchev–Trinajstić information content (AvgIpc) is 3.05. The van der Waals surface area contributed by atoms with Gasteiger partial charge in [-0.3, -0.25) is 20.1 Å². The number of H-pyrrole nitrogens is 1. The van der Waals surface area contributed by atoms with Crippen LogP contribution in [0.4, 0.5) is 4.39 Å². The molecule has 2 heterocycles. The summed E-state index contributed by atoms with van der Waals surface area (Å²) in [5.74, 6) is -0.474. The molecular weight excluding hydrogens is 355 g/mol. The van der Waals surface area contributed by atoms with Crippen LogP contribution in [0.15, 0.2) is 53.4 Å². The summed E-state index contributed by atoms with van der Waals surface area (Å²) >= 11 is 1.21. The Morgan fingerprint density at radius 3 is 2.50 bits per heavy atom. The number of halogens is 1. The summed E-state index contributed by atoms with van der Waals surface area (Å²) in [5.41, 5.74) is 0.777. The van der Waals surface area contributed by atoms with Gasteiger partial charge in [0.1, 0.15) is 10.5 Å². The van der Waals surface area contributed by atoms with Gasteiger partial charge in [-0.15, -0.1) is 0 Å². The van der Waals surface area contributed by atoms with Crippen molar-refractivity contribution in [1.82, 2.24) is 14.8 Å². The minimum atomic E-state index is -0.531. The Balaban J connectivity index is 1.96. The number of ketones is 1. The number of hydrogen-bond donors (Lipinski definition) is 2. The quantitative estimate of drug-likeness (QED) is 0.651. The van der Waals surface area contributed by atoms with E-state index in [0.717, 1.165) is 5.57 Å². The molecule has 0 unspecified atom stereocenters. The summed E-state index contributed by atoms with van der Waals surface area (Å²) in [6.45, 7) is 0. The van der Waals surface area contributed by atoms with Gasteiger partial charge in [0.25, 0.3) is 5.56 Å². The first-order valence-electron chi connectivity index (χ1n) is 7.59. The zero-order chi connectivity index (χ0) is 18.3. The van der Waals surface area contributed by atoms with Crippen molar-refractivity contribution in [2.75, 3.05) is 0 Å². The van der Waals surface area contributed by atoms with Gasteiger partial charge in [0.15, 0.2) is 11.3 Å². The van der Waals surface area contributed by atoms with Crippen molar-refractivity contribution >= 4 is 28.8 Å². The van der Waals surface area contributed by atoms with Gasteiger partial charge in [-0.05, 0) is 48.1 Å². The van der Waals surface area contributed by atoms with E-state index in [1.807, 2.05) is 0 Å². The Bertz CT molecular complexity index is 1270. The zero-order valence-electron chi connectivity index (χ0n) is 13.2. The molecule has 0 amide bonds. The molecule has 4 rings (SSSR count). The Morgan fingerprint density at radius 1 is 1.12 bits per heavy atom. The molecule has 1 aromatic rings. The number of carbonyl (C=O) groups excluding carboxylic acids is 1. The number of hydrogen-bond acceptors (Lipinski definition) is 5. The van der Waals surface area contributed by atoms with Crippen molar-refractivity contribution in [3.63, 3.8) is 0 Å². The molecule has 1 aliphatic carbocycles. The molecule has 0 atom stereocenters. The van der Waals surface area contributed by atoms with E-state index in [4.69, 9.17) is 5.41 Å². The van der Waals surface area contributed by atoms with Crippen molar-refractivity contribution in [2.24, 2.45) is 0 Å². The standard InChI is InChI=1S/C18H11FN4O2S/c19-12-5-1-10(2-6-12)9-14-15(20)23-18(21-16(14)25)26-17(22-23)11-3-7-13(24)8-4-11/h1-9,20,22H/b14-9-,20-15?. The van der Waals surface area contributed by atoms with Crippen LogP contribution in [0.1, 0.15) is 5.56 Å². The van der Waals surface area contributed by atoms with Crippen LogP contribution in [0.3, 0.4) is 0 Å². The molecule has 6 nitrogen and oxygen atoms in total. The topological polar surface area (TPSA) is 91.6 Å². The fraction of sp³-hybridized carbons (Fsp3) is 0. The summed E-state index contributed by atoms with van der Waals surface area (Å²) in [4.78, 5) is 27.6. The number of fused-ring (bicyclic) bond motifs is 1. The highest BCUT2D eigenvalue weighted by atomic mass is 32.1. The second-order valence-electron chi connectivity index (χ2n) is 5.56. The molecule has 0 radical (unpaired) electrons. The number of carbonyl (C=O) groups is 1. The van der Waals surface area contributed by atoms with Gasteiger partial charge in [0.2, 0.25) is 5.13 Å². The van der Waals surface area contributed by atoms with Gasteiger partial charge in [0, 0.05) is 5.57 Å². The first kappa shape index (κ1) is 16.1. The minimum absolute atomic E-state index is 0.0488. The molecule has 0 aromatic heterocycles. The predicted molar refractivity (Wildman–Crippen MR) is 95.0 cm³/mol. The van der Waals surface area contributed by atoms with Crippen LogP contribution >= 0.6 is 11.3 Å². The molecule has 3 aliphatic rings. The molecule has 2 aliphatic heterocycles. The second kappa shape index (κ2) is 6.16. The molecule has 8 heteroatoms. The second-order valence-corrected chi connectivity index (χ2v) is 6.54. The molecule has 26 heavy (non-hydrogen) atoms. The van der Waals surface area contributed by atoms with Crippen molar-refractivity contribution in [3.8, 4) is 5.13 Å². The Hall–Kier alpha value is -3.39. The Labute approximate surface area is 149 Å². The maximum absolute atomic E-state index is 13.0. The van der Waals surface area contributed by atoms with Crippen molar-refractivity contribution in [3.05, 3.63) is 85.7 Å². The number of nitrogens with zero attached hydrogens (tertiary/aromatic N) is 2. The predicted octanol–water partition coefficient (Wildman–Crippen LogP) is 0.353. The van der Waals surface area contributed by atoms with Gasteiger partial charge >= 0.3 is 0 Å². The van der Waals surface area contributed by atoms with Gasteiger partial charge in [-0.25, -0.2) is 9.07 Å². The first-order chi connectivity index (χ1) is 12.5. The zero-order valence-corrected chi connectivity index (χ0v) is 14.0. The van der Waals surface area contributed by atoms with Crippen LogP contribution in [0.5, 0.6) is 0 Å². The number of nitrogens with one attached hydrogen (secondary N) is 2. The molecule has 128 valence electrons. The lowest BCUT2D eigenvalue weighted by atomic mass is 10.1. The average molecular weight is 366 g/mol. The van der Waals surface area contributed by atoms with Gasteiger partial charge in [-0.1, -0.05) is 23.5 Å². The van der Waals surface area contributed by atoms with Gasteiger partial charge < -0.3 is 0 Å². The normalized spacial score (nSPS) is 14.6. The van der Waals surface area contributed by atoms with E-state index < -0.39 is 5.56 Å². The molecular formula is C18H11FN4O2S. The van der Waals surface area contributed by atoms with Gasteiger partial charge in [0.05, 0.1) is 5.22 Å². The third kappa shape index (κ3) is 2.86. The maximum Gasteiger partial charge on any atom is 0.283 e. The monoisotopic (exact) mass is 366 g/mol. The number of benzene rings is 1. The van der Waals surface area contributed by atoms with E-state index in [-0.39, 0.29) is 22.3 Å². The first-order valence-corrected chi connectivity index (χ1v) is 8.41. The lowest BCUT2D eigenvalue weighted by molar-refractivity contribution is -0.110. The molecule has 0 fully saturated rings. The molecule has 1 aromatic carbocycles. The van der Waals surface area contributed by atoms with Crippen LogP contribution in [0.2, 0.25) is 0 Å². The van der Waals surface area contributed by atoms with Crippen LogP contribution < -0.4 is 20.9 Å². The summed E-state index contributed by atoms with van der Waals surface area (Å²) in [6, 6.07) is 5.62. The highest BCUT2D eigenvalue weighted by Crippen LogP contribution is 2.09. The summed E-state index contributed by atoms with van der Waals surface area (Å²) in [5, 5.41) is 11.8. The lowest BCUT2D eigenvalue weighted by Gasteiger charge is -2.00. The van der Waals surface area contributed by atoms with E-state index in [0.29, 0.717) is 15.4 Å². The fourth-order valence-corrected chi connectivity index (χ4v) is 3.42. The van der Waals surface area contributed by atoms with E-state index in [2.05, 4.69) is 10.1 Å². The van der Waals surface area contributed by atoms with Crippen LogP contribution in [0.25, 0.3) is 16.8 Å². The van der Waals surface area contributed by atoms with Crippen molar-refractivity contribution in [2.45, 2.75) is 0 Å². The van der Waals surface area contributed by atoms with Crippen molar-refractivity contribution < 1.29 is 9.18 Å². The number of allylic oxidation sites excluding steroid dienone is 4. The molecule has 0 saturated heterocycles. The maximum atomic E-state index is 13.0. The fourth-order valence-electron chi connectivity index (χ4n) is 2.49. The van der Waals surface area contributed by atoms with Gasteiger partial charge in [-0.2, -0.15) is 4.98 Å². The third-order valence-corrected chi connectivity index (χ3v) is 4.79. The molecule has 2 N–H and O–H groups in total. The summed E-state index contributed by atoms with van der Waals surface area (Å²) in [7, 11) is 0. The smallest absolute Gasteiger partial charge is 0.283 e. The molecule has 0 bridgehead atoms. The third-order valence-electron chi connectivity index (χ3n) is 3.80. The Morgan fingerprint density at radius 2 is 1.81 bits per heavy atom. The highest BCUT2D eigenvalue weighted by Gasteiger charge is 2.12. The van der Waals surface area contributed by atoms with E-state index in [1.54, 1.807) is 12.2 Å². The van der Waals surface area contributed by atoms with Crippen LogP contribution in [0, 0.1) is 11.2 Å². The number of rotatable bonds is 1. The molecule has 0 saturated carbocycles. The van der Waals surface area contributed by atoms with E-state index in [9.17, 15) is 14.0 Å². The number of aromatic amines is 1. The number of aromatic nitrogens is 3. The van der Waals surface area contributed by atoms with E-state index in [1.165, 1.54) is 58.5 Å². The van der Waals surface area contributed by atoms with Crippen molar-refractivity contribution in [1.29, 1.82) is 5.41 Å². The lowest BCUT2D eigenvalue weighted by Crippen LogP contribution is -2.47. The largest absolute Gasteiger partial charge is 0.290 e. The molecule has 0 spiro atoms. The van der Waals surface area contributed by atoms with Crippen LogP contribution in [-0.4, -0.2) is 20.5 Å². The summed E-state index contributed by atoms with van der Waals surface area (Å²) < 4.78 is 15.1. The van der Waals surface area contributed by atoms with E-state index >= 15 is 0 Å².